The summed E-state index contributed by atoms with van der Waals surface area (Å²) in [5, 5.41) is 12.4. The Morgan fingerprint density at radius 2 is 1.71 bits per heavy atom. The quantitative estimate of drug-likeness (QED) is 0.321. The summed E-state index contributed by atoms with van der Waals surface area (Å²) in [4.78, 5) is 24.8. The molecule has 3 aromatic carbocycles. The van der Waals surface area contributed by atoms with Crippen molar-refractivity contribution in [1.29, 1.82) is 0 Å². The van der Waals surface area contributed by atoms with Crippen molar-refractivity contribution < 1.29 is 19.4 Å². The molecule has 0 aromatic heterocycles. The van der Waals surface area contributed by atoms with E-state index in [4.69, 9.17) is 4.74 Å². The fourth-order valence-corrected chi connectivity index (χ4v) is 4.08. The van der Waals surface area contributed by atoms with E-state index >= 15 is 0 Å². The van der Waals surface area contributed by atoms with Crippen LogP contribution in [0.2, 0.25) is 0 Å². The highest BCUT2D eigenvalue weighted by atomic mass is 16.5. The molecule has 0 bridgehead atoms. The second-order valence-corrected chi connectivity index (χ2v) is 9.24. The van der Waals surface area contributed by atoms with Crippen LogP contribution in [0.3, 0.4) is 0 Å². The fraction of sp³-hybridized carbons (Fsp3) is 0.333. The first-order valence-corrected chi connectivity index (χ1v) is 12.3. The van der Waals surface area contributed by atoms with E-state index in [0.29, 0.717) is 18.1 Å². The molecule has 1 atom stereocenters. The molecule has 5 nitrogen and oxygen atoms in total. The minimum absolute atomic E-state index is 0.0336. The number of carbonyl (C=O) groups is 2. The van der Waals surface area contributed by atoms with Gasteiger partial charge in [0.05, 0.1) is 6.04 Å². The van der Waals surface area contributed by atoms with Crippen LogP contribution in [0.15, 0.2) is 72.8 Å². The highest BCUT2D eigenvalue weighted by Gasteiger charge is 2.20. The Morgan fingerprint density at radius 1 is 0.943 bits per heavy atom. The van der Waals surface area contributed by atoms with Gasteiger partial charge < -0.3 is 15.2 Å². The van der Waals surface area contributed by atoms with Crippen molar-refractivity contribution in [3.63, 3.8) is 0 Å². The molecule has 2 N–H and O–H groups in total. The number of carboxylic acids is 1. The van der Waals surface area contributed by atoms with E-state index in [0.717, 1.165) is 35.3 Å². The summed E-state index contributed by atoms with van der Waals surface area (Å²) in [5.41, 5.74) is 4.39. The van der Waals surface area contributed by atoms with Gasteiger partial charge in [0.15, 0.2) is 0 Å². The number of aliphatic carboxylic acids is 1. The van der Waals surface area contributed by atoms with Crippen molar-refractivity contribution in [3.8, 4) is 5.75 Å². The van der Waals surface area contributed by atoms with Crippen LogP contribution in [0.1, 0.15) is 72.3 Å². The Kier molecular flexibility index (Phi) is 9.47. The highest BCUT2D eigenvalue weighted by molar-refractivity contribution is 5.96. The second-order valence-electron chi connectivity index (χ2n) is 9.24. The zero-order valence-electron chi connectivity index (χ0n) is 20.8. The van der Waals surface area contributed by atoms with E-state index < -0.39 is 5.97 Å². The van der Waals surface area contributed by atoms with Crippen LogP contribution in [0, 0.1) is 5.92 Å². The number of para-hydroxylation sites is 1. The van der Waals surface area contributed by atoms with E-state index in [9.17, 15) is 14.7 Å². The molecule has 0 saturated heterocycles. The van der Waals surface area contributed by atoms with Gasteiger partial charge in [0, 0.05) is 12.0 Å². The maximum atomic E-state index is 13.6. The number of ether oxygens (including phenoxy) is 1. The number of aryl methyl sites for hydroxylation is 2. The molecule has 0 aliphatic carbocycles. The molecule has 0 heterocycles. The van der Waals surface area contributed by atoms with Crippen LogP contribution in [0.4, 0.5) is 0 Å². The number of hydrogen-bond donors (Lipinski definition) is 2. The molecule has 0 aliphatic heterocycles. The molecule has 1 amide bonds. The van der Waals surface area contributed by atoms with Gasteiger partial charge >= 0.3 is 5.97 Å². The lowest BCUT2D eigenvalue weighted by Crippen LogP contribution is -2.30. The number of rotatable bonds is 12. The summed E-state index contributed by atoms with van der Waals surface area (Å²) in [6.07, 6.45) is 1.99. The number of carbonyl (C=O) groups excluding carboxylic acids is 1. The number of nitrogens with one attached hydrogen (secondary N) is 1. The fourth-order valence-electron chi connectivity index (χ4n) is 4.08. The van der Waals surface area contributed by atoms with Crippen molar-refractivity contribution in [2.45, 2.75) is 59.1 Å². The predicted molar refractivity (Wildman–Crippen MR) is 139 cm³/mol. The largest absolute Gasteiger partial charge is 0.489 e. The summed E-state index contributed by atoms with van der Waals surface area (Å²) >= 11 is 0. The lowest BCUT2D eigenvalue weighted by Gasteiger charge is -2.23. The topological polar surface area (TPSA) is 75.6 Å². The molecule has 35 heavy (non-hydrogen) atoms. The summed E-state index contributed by atoms with van der Waals surface area (Å²) in [7, 11) is 0. The number of benzene rings is 3. The van der Waals surface area contributed by atoms with Gasteiger partial charge in [-0.2, -0.15) is 0 Å². The maximum Gasteiger partial charge on any atom is 0.303 e. The third kappa shape index (κ3) is 7.99. The van der Waals surface area contributed by atoms with Crippen LogP contribution in [-0.4, -0.2) is 17.0 Å². The Hall–Kier alpha value is -3.60. The molecule has 0 saturated carbocycles. The minimum Gasteiger partial charge on any atom is -0.489 e. The van der Waals surface area contributed by atoms with E-state index in [2.05, 4.69) is 44.3 Å². The molecule has 0 fully saturated rings. The summed E-state index contributed by atoms with van der Waals surface area (Å²) < 4.78 is 5.87. The third-order valence-corrected chi connectivity index (χ3v) is 5.95. The molecule has 1 unspecified atom stereocenters. The molecular formula is C30H35NO4. The minimum atomic E-state index is -0.887. The summed E-state index contributed by atoms with van der Waals surface area (Å²) in [6.45, 7) is 6.72. The van der Waals surface area contributed by atoms with Crippen molar-refractivity contribution in [2.75, 3.05) is 0 Å². The van der Waals surface area contributed by atoms with E-state index in [-0.39, 0.29) is 24.8 Å². The molecule has 0 aliphatic rings. The van der Waals surface area contributed by atoms with Gasteiger partial charge in [-0.05, 0) is 65.6 Å². The van der Waals surface area contributed by atoms with Crippen molar-refractivity contribution in [2.24, 2.45) is 5.92 Å². The molecule has 5 heteroatoms. The van der Waals surface area contributed by atoms with Gasteiger partial charge in [-0.15, -0.1) is 0 Å². The monoisotopic (exact) mass is 473 g/mol. The van der Waals surface area contributed by atoms with Crippen LogP contribution < -0.4 is 10.1 Å². The van der Waals surface area contributed by atoms with Gasteiger partial charge in [0.2, 0.25) is 0 Å². The Morgan fingerprint density at radius 3 is 2.40 bits per heavy atom. The molecule has 0 spiro atoms. The number of hydrogen-bond acceptors (Lipinski definition) is 3. The van der Waals surface area contributed by atoms with Crippen LogP contribution in [-0.2, 0) is 24.2 Å². The molecular weight excluding hydrogens is 438 g/mol. The van der Waals surface area contributed by atoms with E-state index in [1.807, 2.05) is 54.6 Å². The van der Waals surface area contributed by atoms with Crippen LogP contribution >= 0.6 is 0 Å². The van der Waals surface area contributed by atoms with Crippen molar-refractivity contribution in [3.05, 3.63) is 101 Å². The number of carboxylic acid groups (broad SMARTS) is 1. The zero-order chi connectivity index (χ0) is 25.2. The van der Waals surface area contributed by atoms with Gasteiger partial charge in [0.25, 0.3) is 5.91 Å². The highest BCUT2D eigenvalue weighted by Crippen LogP contribution is 2.24. The van der Waals surface area contributed by atoms with E-state index in [1.54, 1.807) is 0 Å². The lowest BCUT2D eigenvalue weighted by atomic mass is 9.94. The SMILES string of the molecule is CCc1cccc(C(CC(C)C)NC(=O)c2cc(COc3ccccc3)ccc2CCC(=O)O)c1. The first-order chi connectivity index (χ1) is 16.9. The summed E-state index contributed by atoms with van der Waals surface area (Å²) in [5.74, 6) is 0.0605. The first-order valence-electron chi connectivity index (χ1n) is 12.3. The Balaban J connectivity index is 1.86. The van der Waals surface area contributed by atoms with Crippen molar-refractivity contribution in [1.82, 2.24) is 5.32 Å². The first kappa shape index (κ1) is 26.0. The molecule has 3 rings (SSSR count). The maximum absolute atomic E-state index is 13.6. The van der Waals surface area contributed by atoms with Crippen LogP contribution in [0.25, 0.3) is 0 Å². The average Bonchev–Trinajstić information content (AvgIpc) is 2.86. The number of amides is 1. The Labute approximate surface area is 208 Å². The van der Waals surface area contributed by atoms with Gasteiger partial charge in [-0.1, -0.05) is 75.4 Å². The predicted octanol–water partition coefficient (Wildman–Crippen LogP) is 6.36. The third-order valence-electron chi connectivity index (χ3n) is 5.95. The summed E-state index contributed by atoms with van der Waals surface area (Å²) in [6, 6.07) is 23.3. The lowest BCUT2D eigenvalue weighted by molar-refractivity contribution is -0.136. The van der Waals surface area contributed by atoms with Crippen molar-refractivity contribution >= 4 is 11.9 Å². The zero-order valence-corrected chi connectivity index (χ0v) is 20.8. The van der Waals surface area contributed by atoms with Gasteiger partial charge in [0.1, 0.15) is 12.4 Å². The molecule has 0 radical (unpaired) electrons. The molecule has 184 valence electrons. The normalized spacial score (nSPS) is 11.8. The smallest absolute Gasteiger partial charge is 0.303 e. The molecule has 3 aromatic rings. The van der Waals surface area contributed by atoms with E-state index in [1.165, 1.54) is 5.56 Å². The van der Waals surface area contributed by atoms with Crippen LogP contribution in [0.5, 0.6) is 5.75 Å². The standard InChI is InChI=1S/C30H35NO4/c1-4-22-9-8-10-25(18-22)28(17-21(2)3)31-30(34)27-19-23(13-14-24(27)15-16-29(32)33)20-35-26-11-6-5-7-12-26/h5-14,18-19,21,28H,4,15-17,20H2,1-3H3,(H,31,34)(H,32,33). The van der Waals surface area contributed by atoms with Gasteiger partial charge in [-0.25, -0.2) is 0 Å². The second kappa shape index (κ2) is 12.7. The van der Waals surface area contributed by atoms with Gasteiger partial charge in [-0.3, -0.25) is 9.59 Å². The Bertz CT molecular complexity index is 1120. The average molecular weight is 474 g/mol.